The SMILES string of the molecule is O=C(CC1CC1)c1cc2c(s1)-c1ccccc1N(C(=O)c1cccc(-c3cncc(N4CCOCC4)c3)n1)CC2. The topological polar surface area (TPSA) is 75.6 Å². The van der Waals surface area contributed by atoms with Gasteiger partial charge in [-0.1, -0.05) is 24.3 Å². The Morgan fingerprint density at radius 1 is 0.975 bits per heavy atom. The summed E-state index contributed by atoms with van der Waals surface area (Å²) in [6, 6.07) is 17.7. The highest BCUT2D eigenvalue weighted by atomic mass is 32.1. The molecule has 1 aliphatic carbocycles. The summed E-state index contributed by atoms with van der Waals surface area (Å²) in [5.41, 5.74) is 6.01. The molecule has 3 aromatic heterocycles. The number of thiophene rings is 1. The first-order valence-electron chi connectivity index (χ1n) is 14.0. The lowest BCUT2D eigenvalue weighted by molar-refractivity contribution is 0.0972. The molecule has 8 heteroatoms. The van der Waals surface area contributed by atoms with Crippen molar-refractivity contribution in [1.82, 2.24) is 9.97 Å². The van der Waals surface area contributed by atoms with E-state index < -0.39 is 0 Å². The smallest absolute Gasteiger partial charge is 0.276 e. The number of benzene rings is 1. The predicted molar refractivity (Wildman–Crippen MR) is 157 cm³/mol. The second-order valence-corrected chi connectivity index (χ2v) is 11.8. The van der Waals surface area contributed by atoms with Gasteiger partial charge in [-0.2, -0.15) is 0 Å². The lowest BCUT2D eigenvalue weighted by atomic mass is 10.1. The minimum atomic E-state index is -0.133. The third kappa shape index (κ3) is 4.93. The molecule has 40 heavy (non-hydrogen) atoms. The van der Waals surface area contributed by atoms with Crippen LogP contribution in [0.5, 0.6) is 0 Å². The number of pyridine rings is 2. The number of rotatable bonds is 6. The van der Waals surface area contributed by atoms with E-state index in [1.165, 1.54) is 12.8 Å². The van der Waals surface area contributed by atoms with E-state index in [1.54, 1.807) is 23.6 Å². The van der Waals surface area contributed by atoms with Crippen molar-refractivity contribution in [3.8, 4) is 21.7 Å². The number of nitrogens with zero attached hydrogens (tertiary/aromatic N) is 4. The van der Waals surface area contributed by atoms with Gasteiger partial charge >= 0.3 is 0 Å². The van der Waals surface area contributed by atoms with Crippen LogP contribution >= 0.6 is 11.3 Å². The van der Waals surface area contributed by atoms with Crippen LogP contribution in [-0.2, 0) is 11.2 Å². The highest BCUT2D eigenvalue weighted by Gasteiger charge is 2.30. The van der Waals surface area contributed by atoms with E-state index in [9.17, 15) is 9.59 Å². The Bertz CT molecular complexity index is 1590. The molecule has 2 aliphatic heterocycles. The summed E-state index contributed by atoms with van der Waals surface area (Å²) in [7, 11) is 0. The van der Waals surface area contributed by atoms with Crippen LogP contribution in [0.3, 0.4) is 0 Å². The standard InChI is InChI=1S/C32H30N4O3S/c37-29(16-21-8-9-21)30-18-22-10-11-36(28-7-2-1-4-25(28)31(22)40-30)32(38)27-6-3-5-26(34-27)23-17-24(20-33-19-23)35-12-14-39-15-13-35/h1-7,17-21H,8-16H2. The summed E-state index contributed by atoms with van der Waals surface area (Å²) in [5.74, 6) is 0.682. The van der Waals surface area contributed by atoms with E-state index >= 15 is 0 Å². The van der Waals surface area contributed by atoms with E-state index in [-0.39, 0.29) is 11.7 Å². The molecular weight excluding hydrogens is 520 g/mol. The van der Waals surface area contributed by atoms with E-state index in [4.69, 9.17) is 9.72 Å². The first-order chi connectivity index (χ1) is 19.6. The number of hydrogen-bond acceptors (Lipinski definition) is 7. The van der Waals surface area contributed by atoms with Gasteiger partial charge in [-0.15, -0.1) is 11.3 Å². The number of hydrogen-bond donors (Lipinski definition) is 0. The second-order valence-electron chi connectivity index (χ2n) is 10.7. The van der Waals surface area contributed by atoms with Crippen LogP contribution in [0.2, 0.25) is 0 Å². The summed E-state index contributed by atoms with van der Waals surface area (Å²) < 4.78 is 5.49. The maximum atomic E-state index is 14.0. The average molecular weight is 551 g/mol. The van der Waals surface area contributed by atoms with Crippen LogP contribution in [0.25, 0.3) is 21.7 Å². The Balaban J connectivity index is 1.17. The van der Waals surface area contributed by atoms with Crippen LogP contribution in [0.15, 0.2) is 67.0 Å². The maximum absolute atomic E-state index is 14.0. The van der Waals surface area contributed by atoms with Crippen LogP contribution < -0.4 is 9.80 Å². The fourth-order valence-corrected chi connectivity index (χ4v) is 6.74. The molecule has 7 nitrogen and oxygen atoms in total. The number of anilines is 2. The molecule has 1 amide bonds. The summed E-state index contributed by atoms with van der Waals surface area (Å²) in [5, 5.41) is 0. The fourth-order valence-electron chi connectivity index (χ4n) is 5.54. The van der Waals surface area contributed by atoms with Crippen molar-refractivity contribution in [3.05, 3.63) is 83.1 Å². The van der Waals surface area contributed by atoms with Crippen molar-refractivity contribution in [2.45, 2.75) is 25.7 Å². The third-order valence-corrected chi connectivity index (χ3v) is 9.16. The van der Waals surface area contributed by atoms with E-state index in [2.05, 4.69) is 28.1 Å². The van der Waals surface area contributed by atoms with Crippen molar-refractivity contribution in [2.75, 3.05) is 42.6 Å². The van der Waals surface area contributed by atoms with Crippen molar-refractivity contribution >= 4 is 34.4 Å². The lowest BCUT2D eigenvalue weighted by Gasteiger charge is -2.28. The Labute approximate surface area is 237 Å². The van der Waals surface area contributed by atoms with Gasteiger partial charge in [0.15, 0.2) is 5.78 Å². The first kappa shape index (κ1) is 25.1. The average Bonchev–Trinajstić information content (AvgIpc) is 3.75. The molecule has 0 radical (unpaired) electrons. The molecule has 0 bridgehead atoms. The van der Waals surface area contributed by atoms with Gasteiger partial charge < -0.3 is 14.5 Å². The number of amides is 1. The number of ketones is 1. The van der Waals surface area contributed by atoms with Gasteiger partial charge in [0.05, 0.1) is 41.4 Å². The Kier molecular flexibility index (Phi) is 6.65. The molecule has 1 saturated carbocycles. The minimum Gasteiger partial charge on any atom is -0.378 e. The van der Waals surface area contributed by atoms with E-state index in [0.717, 1.165) is 56.6 Å². The van der Waals surface area contributed by atoms with Crippen LogP contribution in [-0.4, -0.2) is 54.5 Å². The largest absolute Gasteiger partial charge is 0.378 e. The van der Waals surface area contributed by atoms with E-state index in [0.29, 0.717) is 44.2 Å². The zero-order valence-electron chi connectivity index (χ0n) is 22.2. The second kappa shape index (κ2) is 10.6. The van der Waals surface area contributed by atoms with Gasteiger partial charge in [-0.05, 0) is 61.1 Å². The van der Waals surface area contributed by atoms with Gasteiger partial charge in [0.2, 0.25) is 0 Å². The Morgan fingerprint density at radius 3 is 2.67 bits per heavy atom. The number of carbonyl (C=O) groups is 2. The molecule has 0 N–H and O–H groups in total. The lowest BCUT2D eigenvalue weighted by Crippen LogP contribution is -2.36. The number of morpholine rings is 1. The summed E-state index contributed by atoms with van der Waals surface area (Å²) >= 11 is 1.57. The van der Waals surface area contributed by atoms with Gasteiger partial charge in [-0.3, -0.25) is 14.6 Å². The quantitative estimate of drug-likeness (QED) is 0.279. The minimum absolute atomic E-state index is 0.133. The van der Waals surface area contributed by atoms with Crippen LogP contribution in [0.4, 0.5) is 11.4 Å². The molecular formula is C32H30N4O3S. The molecule has 7 rings (SSSR count). The van der Waals surface area contributed by atoms with Gasteiger partial charge in [0.1, 0.15) is 5.69 Å². The molecule has 5 heterocycles. The van der Waals surface area contributed by atoms with Crippen molar-refractivity contribution in [3.63, 3.8) is 0 Å². The number of Topliss-reactive ketones (excluding diaryl/α,β-unsaturated/α-hetero) is 1. The molecule has 1 saturated heterocycles. The Morgan fingerprint density at radius 2 is 1.82 bits per heavy atom. The highest BCUT2D eigenvalue weighted by Crippen LogP contribution is 2.43. The molecule has 0 unspecified atom stereocenters. The monoisotopic (exact) mass is 550 g/mol. The van der Waals surface area contributed by atoms with Crippen LogP contribution in [0, 0.1) is 5.92 Å². The highest BCUT2D eigenvalue weighted by molar-refractivity contribution is 7.17. The summed E-state index contributed by atoms with van der Waals surface area (Å²) in [6.45, 7) is 3.58. The Hall–Kier alpha value is -3.88. The van der Waals surface area contributed by atoms with Gasteiger partial charge in [-0.25, -0.2) is 4.98 Å². The number of carbonyl (C=O) groups excluding carboxylic acids is 2. The fraction of sp³-hybridized carbons (Fsp3) is 0.312. The van der Waals surface area contributed by atoms with Gasteiger partial charge in [0, 0.05) is 48.3 Å². The third-order valence-electron chi connectivity index (χ3n) is 7.91. The number of aromatic nitrogens is 2. The zero-order chi connectivity index (χ0) is 27.1. The molecule has 0 atom stereocenters. The van der Waals surface area contributed by atoms with Crippen molar-refractivity contribution in [2.24, 2.45) is 5.92 Å². The molecule has 202 valence electrons. The van der Waals surface area contributed by atoms with Crippen molar-refractivity contribution in [1.29, 1.82) is 0 Å². The number of fused-ring (bicyclic) bond motifs is 3. The van der Waals surface area contributed by atoms with Gasteiger partial charge in [0.25, 0.3) is 5.91 Å². The molecule has 2 fully saturated rings. The van der Waals surface area contributed by atoms with E-state index in [1.807, 2.05) is 41.4 Å². The molecule has 0 spiro atoms. The first-order valence-corrected chi connectivity index (χ1v) is 14.8. The zero-order valence-corrected chi connectivity index (χ0v) is 23.0. The summed E-state index contributed by atoms with van der Waals surface area (Å²) in [6.07, 6.45) is 7.33. The predicted octanol–water partition coefficient (Wildman–Crippen LogP) is 5.89. The summed E-state index contributed by atoms with van der Waals surface area (Å²) in [4.78, 5) is 42.1. The number of ether oxygens (including phenoxy) is 1. The van der Waals surface area contributed by atoms with Crippen LogP contribution in [0.1, 0.15) is 45.0 Å². The van der Waals surface area contributed by atoms with Crippen molar-refractivity contribution < 1.29 is 14.3 Å². The normalized spacial score (nSPS) is 16.7. The molecule has 4 aromatic rings. The molecule has 1 aromatic carbocycles. The molecule has 3 aliphatic rings. The maximum Gasteiger partial charge on any atom is 0.276 e. The number of para-hydroxylation sites is 1.